The highest BCUT2D eigenvalue weighted by molar-refractivity contribution is 6.33. The molecule has 1 saturated heterocycles. The summed E-state index contributed by atoms with van der Waals surface area (Å²) in [6, 6.07) is 15.0. The molecule has 0 N–H and O–H groups in total. The minimum Gasteiger partial charge on any atom is -0.439 e. The lowest BCUT2D eigenvalue weighted by Gasteiger charge is -2.24. The van der Waals surface area contributed by atoms with Crippen LogP contribution in [0.1, 0.15) is 31.4 Å². The van der Waals surface area contributed by atoms with E-state index in [4.69, 9.17) is 16.3 Å². The molecule has 3 heterocycles. The molecule has 6 nitrogen and oxygen atoms in total. The Hall–Kier alpha value is -3.95. The fraction of sp³-hybridized carbons (Fsp3) is 0.185. The molecule has 1 aliphatic heterocycles. The van der Waals surface area contributed by atoms with Crippen molar-refractivity contribution in [2.75, 3.05) is 6.54 Å². The highest BCUT2D eigenvalue weighted by Crippen LogP contribution is 2.40. The van der Waals surface area contributed by atoms with Gasteiger partial charge in [-0.3, -0.25) is 4.79 Å². The summed E-state index contributed by atoms with van der Waals surface area (Å²) in [5.74, 6) is 6.34. The van der Waals surface area contributed by atoms with Crippen LogP contribution in [0.3, 0.4) is 0 Å². The van der Waals surface area contributed by atoms with Gasteiger partial charge in [0.15, 0.2) is 0 Å². The van der Waals surface area contributed by atoms with Crippen LogP contribution in [-0.4, -0.2) is 32.3 Å². The Balaban J connectivity index is 1.56. The number of rotatable bonds is 4. The molecule has 1 atom stereocenters. The first kappa shape index (κ1) is 21.9. The van der Waals surface area contributed by atoms with Gasteiger partial charge in [0.2, 0.25) is 5.88 Å². The number of pyridine rings is 1. The molecule has 0 aliphatic carbocycles. The minimum absolute atomic E-state index is 0.101. The maximum atomic E-state index is 12.6. The van der Waals surface area contributed by atoms with E-state index in [1.165, 1.54) is 6.33 Å². The van der Waals surface area contributed by atoms with E-state index < -0.39 is 0 Å². The van der Waals surface area contributed by atoms with Crippen molar-refractivity contribution in [3.63, 3.8) is 0 Å². The van der Waals surface area contributed by atoms with E-state index in [-0.39, 0.29) is 11.9 Å². The largest absolute Gasteiger partial charge is 0.439 e. The monoisotopic (exact) mass is 468 g/mol. The number of hydrogen-bond donors (Lipinski definition) is 0. The lowest BCUT2D eigenvalue weighted by molar-refractivity contribution is -0.125. The predicted octanol–water partition coefficient (Wildman–Crippen LogP) is 5.82. The number of hydrogen-bond acceptors (Lipinski definition) is 5. The van der Waals surface area contributed by atoms with Crippen LogP contribution in [-0.2, 0) is 4.79 Å². The molecule has 1 fully saturated rings. The summed E-state index contributed by atoms with van der Waals surface area (Å²) in [7, 11) is 0. The summed E-state index contributed by atoms with van der Waals surface area (Å²) in [4.78, 5) is 27.4. The molecule has 1 amide bonds. The van der Waals surface area contributed by atoms with Gasteiger partial charge in [0.25, 0.3) is 5.91 Å². The van der Waals surface area contributed by atoms with Crippen LogP contribution in [0, 0.1) is 11.8 Å². The van der Waals surface area contributed by atoms with Gasteiger partial charge in [-0.1, -0.05) is 23.6 Å². The quantitative estimate of drug-likeness (QED) is 0.353. The van der Waals surface area contributed by atoms with Gasteiger partial charge in [-0.05, 0) is 61.6 Å². The van der Waals surface area contributed by atoms with Crippen molar-refractivity contribution in [3.05, 3.63) is 77.8 Å². The lowest BCUT2D eigenvalue weighted by Crippen LogP contribution is -2.29. The molecule has 2 aromatic heterocycles. The van der Waals surface area contributed by atoms with E-state index in [0.29, 0.717) is 23.2 Å². The van der Waals surface area contributed by atoms with E-state index in [2.05, 4.69) is 32.9 Å². The van der Waals surface area contributed by atoms with Crippen LogP contribution in [0.4, 0.5) is 0 Å². The van der Waals surface area contributed by atoms with Gasteiger partial charge in [-0.25, -0.2) is 15.0 Å². The maximum absolute atomic E-state index is 12.6. The number of likely N-dealkylation sites (tertiary alicyclic amines) is 1. The zero-order valence-corrected chi connectivity index (χ0v) is 19.3. The topological polar surface area (TPSA) is 68.2 Å². The number of fused-ring (bicyclic) bond motifs is 1. The first-order chi connectivity index (χ1) is 16.6. The number of halogens is 1. The predicted molar refractivity (Wildman–Crippen MR) is 131 cm³/mol. The third kappa shape index (κ3) is 4.30. The Morgan fingerprint density at radius 2 is 2.09 bits per heavy atom. The summed E-state index contributed by atoms with van der Waals surface area (Å²) in [5.41, 5.74) is 3.58. The smallest absolute Gasteiger partial charge is 0.298 e. The molecule has 0 radical (unpaired) electrons. The van der Waals surface area contributed by atoms with Crippen LogP contribution in [0.2, 0.25) is 5.02 Å². The van der Waals surface area contributed by atoms with E-state index in [1.54, 1.807) is 31.5 Å². The van der Waals surface area contributed by atoms with Gasteiger partial charge in [-0.2, -0.15) is 0 Å². The van der Waals surface area contributed by atoms with Crippen LogP contribution < -0.4 is 4.74 Å². The van der Waals surface area contributed by atoms with Gasteiger partial charge in [0, 0.05) is 47.6 Å². The molecule has 0 spiro atoms. The molecule has 7 heteroatoms. The van der Waals surface area contributed by atoms with Crippen LogP contribution in [0.25, 0.3) is 22.0 Å². The summed E-state index contributed by atoms with van der Waals surface area (Å²) < 4.78 is 5.82. The SMILES string of the molecule is CC#CC(=O)N1CCCC1c1cc(-c2ccc(Oc3ccccn3)cc2Cl)cc2cncnc12. The number of carbonyl (C=O) groups excluding carboxylic acids is 1. The summed E-state index contributed by atoms with van der Waals surface area (Å²) in [5, 5.41) is 1.44. The van der Waals surface area contributed by atoms with Gasteiger partial charge in [0.05, 0.1) is 16.6 Å². The third-order valence-corrected chi connectivity index (χ3v) is 6.17. The second-order valence-corrected chi connectivity index (χ2v) is 8.38. The zero-order chi connectivity index (χ0) is 23.5. The van der Waals surface area contributed by atoms with Gasteiger partial charge < -0.3 is 9.64 Å². The highest BCUT2D eigenvalue weighted by atomic mass is 35.5. The normalized spacial score (nSPS) is 15.1. The molecule has 0 bridgehead atoms. The number of benzene rings is 2. The number of aromatic nitrogens is 3. The average molecular weight is 469 g/mol. The molecule has 0 saturated carbocycles. The van der Waals surface area contributed by atoms with Gasteiger partial charge in [0.1, 0.15) is 12.1 Å². The van der Waals surface area contributed by atoms with Crippen molar-refractivity contribution in [3.8, 4) is 34.6 Å². The van der Waals surface area contributed by atoms with Gasteiger partial charge >= 0.3 is 0 Å². The lowest BCUT2D eigenvalue weighted by atomic mass is 9.95. The fourth-order valence-corrected chi connectivity index (χ4v) is 4.65. The number of amides is 1. The second kappa shape index (κ2) is 9.50. The Bertz CT molecular complexity index is 1430. The molecule has 168 valence electrons. The minimum atomic E-state index is -0.160. The Morgan fingerprint density at radius 3 is 2.88 bits per heavy atom. The van der Waals surface area contributed by atoms with Crippen LogP contribution in [0.15, 0.2) is 67.3 Å². The zero-order valence-electron chi connectivity index (χ0n) is 18.5. The first-order valence-electron chi connectivity index (χ1n) is 11.0. The fourth-order valence-electron chi connectivity index (χ4n) is 4.38. The number of carbonyl (C=O) groups is 1. The van der Waals surface area contributed by atoms with E-state index >= 15 is 0 Å². The standard InChI is InChI=1S/C27H21ClN4O2/c1-2-6-26(33)32-12-5-7-24(32)22-14-18(13-19-16-29-17-31-27(19)22)21-10-9-20(15-23(21)28)34-25-8-3-4-11-30-25/h3-4,8-11,13-17,24H,5,7,12H2,1H3. The molecular formula is C27H21ClN4O2. The number of nitrogens with zero attached hydrogens (tertiary/aromatic N) is 4. The van der Waals surface area contributed by atoms with Crippen molar-refractivity contribution < 1.29 is 9.53 Å². The summed E-state index contributed by atoms with van der Waals surface area (Å²) >= 11 is 6.70. The summed E-state index contributed by atoms with van der Waals surface area (Å²) in [6.45, 7) is 2.35. The molecule has 4 aromatic rings. The molecule has 2 aromatic carbocycles. The van der Waals surface area contributed by atoms with Crippen molar-refractivity contribution in [1.29, 1.82) is 0 Å². The van der Waals surface area contributed by atoms with Crippen molar-refractivity contribution in [2.24, 2.45) is 0 Å². The van der Waals surface area contributed by atoms with Crippen molar-refractivity contribution in [2.45, 2.75) is 25.8 Å². The number of ether oxygens (including phenoxy) is 1. The Morgan fingerprint density at radius 1 is 1.18 bits per heavy atom. The molecule has 1 aliphatic rings. The van der Waals surface area contributed by atoms with Gasteiger partial charge in [-0.15, -0.1) is 0 Å². The highest BCUT2D eigenvalue weighted by Gasteiger charge is 2.31. The van der Waals surface area contributed by atoms with E-state index in [9.17, 15) is 4.79 Å². The molecular weight excluding hydrogens is 448 g/mol. The van der Waals surface area contributed by atoms with Crippen LogP contribution >= 0.6 is 11.6 Å². The van der Waals surface area contributed by atoms with E-state index in [0.717, 1.165) is 40.4 Å². The van der Waals surface area contributed by atoms with Crippen molar-refractivity contribution in [1.82, 2.24) is 19.9 Å². The first-order valence-corrected chi connectivity index (χ1v) is 11.4. The second-order valence-electron chi connectivity index (χ2n) is 7.97. The molecule has 5 rings (SSSR count). The third-order valence-electron chi connectivity index (χ3n) is 5.85. The van der Waals surface area contributed by atoms with Crippen LogP contribution in [0.5, 0.6) is 11.6 Å². The molecule has 34 heavy (non-hydrogen) atoms. The average Bonchev–Trinajstić information content (AvgIpc) is 3.34. The Kier molecular flexibility index (Phi) is 6.11. The van der Waals surface area contributed by atoms with E-state index in [1.807, 2.05) is 35.2 Å². The Labute approximate surface area is 202 Å². The van der Waals surface area contributed by atoms with Crippen molar-refractivity contribution >= 4 is 28.4 Å². The maximum Gasteiger partial charge on any atom is 0.298 e. The molecule has 1 unspecified atom stereocenters. The summed E-state index contributed by atoms with van der Waals surface area (Å²) in [6.07, 6.45) is 6.76.